The van der Waals surface area contributed by atoms with Crippen LogP contribution in [-0.2, 0) is 0 Å². The molecule has 5 atom stereocenters. The highest BCUT2D eigenvalue weighted by Gasteiger charge is 2.42. The molecule has 1 N–H and O–H groups in total. The molecule has 2 bridgehead atoms. The van der Waals surface area contributed by atoms with Crippen LogP contribution < -0.4 is 4.90 Å². The summed E-state index contributed by atoms with van der Waals surface area (Å²) in [4.78, 5) is 9.03. The number of aliphatic hydroxyl groups excluding tert-OH is 1. The lowest BCUT2D eigenvalue weighted by molar-refractivity contribution is -0.0444. The third-order valence-electron chi connectivity index (χ3n) is 6.11. The van der Waals surface area contributed by atoms with Crippen LogP contribution in [0.25, 0.3) is 10.9 Å². The average molecular weight is 337 g/mol. The van der Waals surface area contributed by atoms with E-state index in [1.807, 2.05) is 32.4 Å². The van der Waals surface area contributed by atoms with Gasteiger partial charge in [-0.2, -0.15) is 0 Å². The van der Waals surface area contributed by atoms with Gasteiger partial charge in [-0.25, -0.2) is 0 Å². The fourth-order valence-electron chi connectivity index (χ4n) is 4.60. The van der Waals surface area contributed by atoms with Crippen LogP contribution in [0, 0.1) is 11.8 Å². The van der Waals surface area contributed by atoms with Crippen molar-refractivity contribution < 1.29 is 5.11 Å². The molecule has 3 aliphatic heterocycles. The largest absolute Gasteiger partial charge is 0.387 e. The summed E-state index contributed by atoms with van der Waals surface area (Å²) in [6, 6.07) is 8.45. The fourth-order valence-corrected chi connectivity index (χ4v) is 4.60. The van der Waals surface area contributed by atoms with Gasteiger partial charge in [0.05, 0.1) is 11.6 Å². The van der Waals surface area contributed by atoms with Gasteiger partial charge in [0, 0.05) is 44.0 Å². The number of hydrogen-bond acceptors (Lipinski definition) is 4. The van der Waals surface area contributed by atoms with E-state index in [1.54, 1.807) is 0 Å². The van der Waals surface area contributed by atoms with Gasteiger partial charge in [-0.3, -0.25) is 9.88 Å². The van der Waals surface area contributed by atoms with Gasteiger partial charge in [0.1, 0.15) is 0 Å². The number of aromatic nitrogens is 1. The van der Waals surface area contributed by atoms with Crippen LogP contribution in [0.1, 0.15) is 24.5 Å². The highest BCUT2D eigenvalue weighted by molar-refractivity contribution is 5.86. The minimum Gasteiger partial charge on any atom is -0.387 e. The minimum atomic E-state index is -0.475. The molecule has 0 spiro atoms. The van der Waals surface area contributed by atoms with Crippen LogP contribution in [0.2, 0.25) is 0 Å². The Bertz CT molecular complexity index is 788. The van der Waals surface area contributed by atoms with Gasteiger partial charge in [-0.15, -0.1) is 6.58 Å². The van der Waals surface area contributed by atoms with Crippen molar-refractivity contribution in [3.8, 4) is 0 Å². The number of hydrogen-bond donors (Lipinski definition) is 1. The van der Waals surface area contributed by atoms with Crippen LogP contribution in [0.4, 0.5) is 5.69 Å². The van der Waals surface area contributed by atoms with Gasteiger partial charge in [0.2, 0.25) is 0 Å². The SMILES string of the molecule is C=CC1CN2CCC1CC2C(O)c1ccnc2ccc(N(C)C)cc12. The predicted molar refractivity (Wildman–Crippen MR) is 103 cm³/mol. The second-order valence-corrected chi connectivity index (χ2v) is 7.69. The normalized spacial score (nSPS) is 29.6. The van der Waals surface area contributed by atoms with Gasteiger partial charge < -0.3 is 10.0 Å². The molecule has 3 saturated heterocycles. The van der Waals surface area contributed by atoms with Crippen molar-refractivity contribution in [2.75, 3.05) is 32.1 Å². The summed E-state index contributed by atoms with van der Waals surface area (Å²) in [5, 5.41) is 12.3. The van der Waals surface area contributed by atoms with E-state index >= 15 is 0 Å². The number of fused-ring (bicyclic) bond motifs is 4. The van der Waals surface area contributed by atoms with E-state index in [0.717, 1.165) is 41.7 Å². The zero-order valence-electron chi connectivity index (χ0n) is 15.1. The molecule has 0 radical (unpaired) electrons. The lowest BCUT2D eigenvalue weighted by Gasteiger charge is -2.50. The number of nitrogens with zero attached hydrogens (tertiary/aromatic N) is 3. The Balaban J connectivity index is 1.69. The number of pyridine rings is 1. The molecule has 5 rings (SSSR count). The average Bonchev–Trinajstić information content (AvgIpc) is 2.66. The van der Waals surface area contributed by atoms with Gasteiger partial charge in [0.15, 0.2) is 0 Å². The number of benzene rings is 1. The molecule has 25 heavy (non-hydrogen) atoms. The Hall–Kier alpha value is -1.91. The predicted octanol–water partition coefficient (Wildman–Crippen LogP) is 3.23. The first-order valence-corrected chi connectivity index (χ1v) is 9.19. The van der Waals surface area contributed by atoms with E-state index in [0.29, 0.717) is 11.8 Å². The van der Waals surface area contributed by atoms with Crippen molar-refractivity contribution in [3.05, 3.63) is 48.7 Å². The van der Waals surface area contributed by atoms with E-state index in [9.17, 15) is 5.11 Å². The smallest absolute Gasteiger partial charge is 0.0952 e. The topological polar surface area (TPSA) is 39.6 Å². The number of rotatable bonds is 4. The molecule has 0 aliphatic carbocycles. The van der Waals surface area contributed by atoms with Crippen LogP contribution >= 0.6 is 0 Å². The molecule has 3 aliphatic rings. The van der Waals surface area contributed by atoms with Crippen LogP contribution in [-0.4, -0.2) is 48.2 Å². The Kier molecular flexibility index (Phi) is 4.26. The Morgan fingerprint density at radius 3 is 2.88 bits per heavy atom. The summed E-state index contributed by atoms with van der Waals surface area (Å²) >= 11 is 0. The standard InChI is InChI=1S/C21H27N3O/c1-4-14-13-24-10-8-15(14)11-20(24)21(25)17-7-9-22-19-6-5-16(23(2)3)12-18(17)19/h4-7,9,12,14-15,20-21,25H,1,8,10-11,13H2,2-3H3. The lowest BCUT2D eigenvalue weighted by atomic mass is 9.73. The van der Waals surface area contributed by atoms with E-state index in [1.165, 1.54) is 6.42 Å². The quantitative estimate of drug-likeness (QED) is 0.870. The molecule has 3 fully saturated rings. The molecule has 0 saturated carbocycles. The molecule has 2 aromatic rings. The number of aliphatic hydroxyl groups is 1. The van der Waals surface area contributed by atoms with Crippen molar-refractivity contribution in [1.82, 2.24) is 9.88 Å². The van der Waals surface area contributed by atoms with E-state index in [4.69, 9.17) is 0 Å². The van der Waals surface area contributed by atoms with Gasteiger partial charge in [-0.1, -0.05) is 6.08 Å². The highest BCUT2D eigenvalue weighted by atomic mass is 16.3. The van der Waals surface area contributed by atoms with Crippen molar-refractivity contribution in [3.63, 3.8) is 0 Å². The molecule has 4 heteroatoms. The first-order valence-electron chi connectivity index (χ1n) is 9.19. The molecule has 0 amide bonds. The highest BCUT2D eigenvalue weighted by Crippen LogP contribution is 2.42. The molecule has 4 heterocycles. The second-order valence-electron chi connectivity index (χ2n) is 7.69. The van der Waals surface area contributed by atoms with Crippen LogP contribution in [0.5, 0.6) is 0 Å². The summed E-state index contributed by atoms with van der Waals surface area (Å²) in [6.45, 7) is 6.11. The zero-order chi connectivity index (χ0) is 17.6. The van der Waals surface area contributed by atoms with Crippen molar-refractivity contribution in [2.45, 2.75) is 25.0 Å². The van der Waals surface area contributed by atoms with Crippen molar-refractivity contribution in [2.24, 2.45) is 11.8 Å². The summed E-state index contributed by atoms with van der Waals surface area (Å²) in [6.07, 6.45) is 5.72. The molecule has 1 aromatic heterocycles. The molecule has 5 unspecified atom stereocenters. The van der Waals surface area contributed by atoms with Gasteiger partial charge in [0.25, 0.3) is 0 Å². The summed E-state index contributed by atoms with van der Waals surface area (Å²) in [5.74, 6) is 1.24. The zero-order valence-corrected chi connectivity index (χ0v) is 15.1. The van der Waals surface area contributed by atoms with Crippen molar-refractivity contribution >= 4 is 16.6 Å². The summed E-state index contributed by atoms with van der Waals surface area (Å²) < 4.78 is 0. The Labute approximate surface area is 149 Å². The van der Waals surface area contributed by atoms with E-state index in [2.05, 4.69) is 39.6 Å². The third kappa shape index (κ3) is 2.83. The molecular formula is C21H27N3O. The monoisotopic (exact) mass is 337 g/mol. The Morgan fingerprint density at radius 1 is 1.36 bits per heavy atom. The second kappa shape index (κ2) is 6.43. The molecule has 132 valence electrons. The summed E-state index contributed by atoms with van der Waals surface area (Å²) in [7, 11) is 4.07. The third-order valence-corrected chi connectivity index (χ3v) is 6.11. The molecule has 4 nitrogen and oxygen atoms in total. The van der Waals surface area contributed by atoms with E-state index < -0.39 is 6.10 Å². The molecular weight excluding hydrogens is 310 g/mol. The first kappa shape index (κ1) is 16.6. The first-order chi connectivity index (χ1) is 12.1. The number of anilines is 1. The van der Waals surface area contributed by atoms with Gasteiger partial charge >= 0.3 is 0 Å². The fraction of sp³-hybridized carbons (Fsp3) is 0.476. The molecule has 1 aromatic carbocycles. The minimum absolute atomic E-state index is 0.198. The maximum atomic E-state index is 11.2. The van der Waals surface area contributed by atoms with E-state index in [-0.39, 0.29) is 6.04 Å². The van der Waals surface area contributed by atoms with Crippen LogP contribution in [0.3, 0.4) is 0 Å². The lowest BCUT2D eigenvalue weighted by Crippen LogP contribution is -2.54. The maximum Gasteiger partial charge on any atom is 0.0952 e. The van der Waals surface area contributed by atoms with Crippen LogP contribution in [0.15, 0.2) is 43.1 Å². The Morgan fingerprint density at radius 2 is 2.20 bits per heavy atom. The summed E-state index contributed by atoms with van der Waals surface area (Å²) in [5.41, 5.74) is 3.08. The van der Waals surface area contributed by atoms with Crippen molar-refractivity contribution in [1.29, 1.82) is 0 Å². The number of piperidine rings is 3. The van der Waals surface area contributed by atoms with Gasteiger partial charge in [-0.05, 0) is 61.1 Å². The maximum absolute atomic E-state index is 11.2.